The van der Waals surface area contributed by atoms with E-state index in [-0.39, 0.29) is 0 Å². The molecular weight excluding hydrogens is 300 g/mol. The summed E-state index contributed by atoms with van der Waals surface area (Å²) in [6.07, 6.45) is 0.394. The zero-order chi connectivity index (χ0) is 11.4. The number of hydrogen-bond donors (Lipinski definition) is 1. The highest BCUT2D eigenvalue weighted by Crippen LogP contribution is 2.25. The van der Waals surface area contributed by atoms with Crippen molar-refractivity contribution in [2.75, 3.05) is 0 Å². The Morgan fingerprint density at radius 1 is 1.73 bits per heavy atom. The minimum Gasteiger partial charge on any atom is -0.480 e. The normalized spacial score (nSPS) is 14.8. The van der Waals surface area contributed by atoms with Crippen molar-refractivity contribution < 1.29 is 14.1 Å². The van der Waals surface area contributed by atoms with Gasteiger partial charge in [-0.25, -0.2) is 0 Å². The second-order valence-electron chi connectivity index (χ2n) is 2.95. The zero-order valence-electron chi connectivity index (χ0n) is 8.10. The Hall–Kier alpha value is -0.200. The monoisotopic (exact) mass is 310 g/mol. The minimum absolute atomic E-state index is 0.309. The molecule has 0 saturated heterocycles. The Morgan fingerprint density at radius 2 is 2.40 bits per heavy atom. The summed E-state index contributed by atoms with van der Waals surface area (Å²) in [4.78, 5) is 11.7. The molecule has 0 aliphatic rings. The van der Waals surface area contributed by atoms with Gasteiger partial charge in [0, 0.05) is 20.1 Å². The topological polar surface area (TPSA) is 54.4 Å². The maximum atomic E-state index is 11.8. The lowest BCUT2D eigenvalue weighted by atomic mass is 10.3. The molecule has 0 radical (unpaired) electrons. The first-order valence-electron chi connectivity index (χ1n) is 4.38. The molecule has 15 heavy (non-hydrogen) atoms. The van der Waals surface area contributed by atoms with Crippen LogP contribution in [0.3, 0.4) is 0 Å². The molecule has 1 heterocycles. The maximum absolute atomic E-state index is 11.8. The molecule has 2 unspecified atom stereocenters. The molecule has 84 valence electrons. The first kappa shape index (κ1) is 12.9. The van der Waals surface area contributed by atoms with Gasteiger partial charge in [-0.3, -0.25) is 9.00 Å². The SMILES string of the molecule is CCC(C(=O)O)S(=O)Cc1sccc1Br. The van der Waals surface area contributed by atoms with E-state index >= 15 is 0 Å². The number of halogens is 1. The molecule has 0 aliphatic heterocycles. The first-order valence-corrected chi connectivity index (χ1v) is 7.43. The number of hydrogen-bond acceptors (Lipinski definition) is 3. The van der Waals surface area contributed by atoms with E-state index in [1.165, 1.54) is 11.3 Å². The fourth-order valence-corrected chi connectivity index (χ4v) is 4.43. The van der Waals surface area contributed by atoms with Crippen molar-refractivity contribution in [1.82, 2.24) is 0 Å². The number of aliphatic carboxylic acids is 1. The first-order chi connectivity index (χ1) is 7.06. The molecule has 1 aromatic heterocycles. The largest absolute Gasteiger partial charge is 0.480 e. The number of carbonyl (C=O) groups is 1. The highest BCUT2D eigenvalue weighted by Gasteiger charge is 2.23. The van der Waals surface area contributed by atoms with Gasteiger partial charge in [-0.05, 0) is 33.8 Å². The van der Waals surface area contributed by atoms with Crippen molar-refractivity contribution in [3.05, 3.63) is 20.8 Å². The van der Waals surface area contributed by atoms with Crippen molar-refractivity contribution in [3.63, 3.8) is 0 Å². The fourth-order valence-electron chi connectivity index (χ4n) is 1.13. The average molecular weight is 311 g/mol. The third-order valence-electron chi connectivity index (χ3n) is 1.93. The lowest BCUT2D eigenvalue weighted by molar-refractivity contribution is -0.136. The summed E-state index contributed by atoms with van der Waals surface area (Å²) in [6.45, 7) is 1.74. The van der Waals surface area contributed by atoms with Gasteiger partial charge in [0.15, 0.2) is 0 Å². The van der Waals surface area contributed by atoms with Gasteiger partial charge in [0.2, 0.25) is 0 Å². The summed E-state index contributed by atoms with van der Waals surface area (Å²) in [6, 6.07) is 1.87. The molecule has 0 aliphatic carbocycles. The summed E-state index contributed by atoms with van der Waals surface area (Å²) < 4.78 is 12.7. The van der Waals surface area contributed by atoms with Gasteiger partial charge >= 0.3 is 5.97 Å². The predicted molar refractivity (Wildman–Crippen MR) is 65.6 cm³/mol. The van der Waals surface area contributed by atoms with E-state index in [2.05, 4.69) is 15.9 Å². The van der Waals surface area contributed by atoms with Crippen molar-refractivity contribution in [2.45, 2.75) is 24.3 Å². The van der Waals surface area contributed by atoms with Gasteiger partial charge < -0.3 is 5.11 Å². The van der Waals surface area contributed by atoms with E-state index in [0.29, 0.717) is 12.2 Å². The average Bonchev–Trinajstić information content (AvgIpc) is 2.52. The minimum atomic E-state index is -1.35. The smallest absolute Gasteiger partial charge is 0.319 e. The van der Waals surface area contributed by atoms with E-state index in [4.69, 9.17) is 5.11 Å². The fraction of sp³-hybridized carbons (Fsp3) is 0.444. The molecule has 1 N–H and O–H groups in total. The van der Waals surface area contributed by atoms with Crippen molar-refractivity contribution >= 4 is 44.0 Å². The Balaban J connectivity index is 2.70. The number of rotatable bonds is 5. The van der Waals surface area contributed by atoms with Gasteiger partial charge in [-0.1, -0.05) is 6.92 Å². The van der Waals surface area contributed by atoms with E-state index in [1.54, 1.807) is 6.92 Å². The molecule has 0 amide bonds. The summed E-state index contributed by atoms with van der Waals surface area (Å²) in [5.74, 6) is -0.674. The summed E-state index contributed by atoms with van der Waals surface area (Å²) in [5, 5.41) is 9.96. The van der Waals surface area contributed by atoms with Crippen molar-refractivity contribution in [2.24, 2.45) is 0 Å². The van der Waals surface area contributed by atoms with Crippen LogP contribution in [0.15, 0.2) is 15.9 Å². The molecular formula is C9H11BrO3S2. The molecule has 0 saturated carbocycles. The lowest BCUT2D eigenvalue weighted by Gasteiger charge is -2.08. The van der Waals surface area contributed by atoms with Gasteiger partial charge in [0.05, 0.1) is 5.75 Å². The number of carboxylic acids is 1. The number of carboxylic acid groups (broad SMARTS) is 1. The van der Waals surface area contributed by atoms with Crippen LogP contribution in [-0.4, -0.2) is 20.5 Å². The Bertz CT molecular complexity index is 375. The molecule has 0 spiro atoms. The van der Waals surface area contributed by atoms with Crippen LogP contribution in [0, 0.1) is 0 Å². The quantitative estimate of drug-likeness (QED) is 0.909. The summed E-state index contributed by atoms with van der Waals surface area (Å²) in [7, 11) is -1.35. The van der Waals surface area contributed by atoms with Crippen LogP contribution in [0.4, 0.5) is 0 Å². The van der Waals surface area contributed by atoms with Crippen LogP contribution in [-0.2, 0) is 21.3 Å². The highest BCUT2D eigenvalue weighted by molar-refractivity contribution is 9.10. The van der Waals surface area contributed by atoms with Crippen LogP contribution in [0.25, 0.3) is 0 Å². The standard InChI is InChI=1S/C9H11BrO3S2/c1-2-8(9(11)12)15(13)5-7-6(10)3-4-14-7/h3-4,8H,2,5H2,1H3,(H,11,12). The van der Waals surface area contributed by atoms with Gasteiger partial charge in [0.1, 0.15) is 5.25 Å². The number of thiophene rings is 1. The van der Waals surface area contributed by atoms with E-state index in [9.17, 15) is 9.00 Å². The molecule has 0 aromatic carbocycles. The van der Waals surface area contributed by atoms with E-state index < -0.39 is 22.0 Å². The van der Waals surface area contributed by atoms with Gasteiger partial charge in [0.25, 0.3) is 0 Å². The van der Waals surface area contributed by atoms with Crippen molar-refractivity contribution in [3.8, 4) is 0 Å². The predicted octanol–water partition coefficient (Wildman–Crippen LogP) is 2.62. The van der Waals surface area contributed by atoms with E-state index in [1.807, 2.05) is 11.4 Å². The second kappa shape index (κ2) is 5.77. The van der Waals surface area contributed by atoms with Gasteiger partial charge in [-0.15, -0.1) is 11.3 Å². The molecule has 1 rings (SSSR count). The summed E-state index contributed by atoms with van der Waals surface area (Å²) in [5.41, 5.74) is 0. The lowest BCUT2D eigenvalue weighted by Crippen LogP contribution is -2.25. The van der Waals surface area contributed by atoms with Crippen LogP contribution in [0.1, 0.15) is 18.2 Å². The third kappa shape index (κ3) is 3.39. The molecule has 1 aromatic rings. The van der Waals surface area contributed by atoms with Crippen molar-refractivity contribution in [1.29, 1.82) is 0 Å². The molecule has 0 bridgehead atoms. The molecule has 6 heteroatoms. The van der Waals surface area contributed by atoms with Crippen LogP contribution < -0.4 is 0 Å². The van der Waals surface area contributed by atoms with Crippen LogP contribution in [0.2, 0.25) is 0 Å². The molecule has 3 nitrogen and oxygen atoms in total. The third-order valence-corrected chi connectivity index (χ3v) is 5.78. The highest BCUT2D eigenvalue weighted by atomic mass is 79.9. The molecule has 0 fully saturated rings. The summed E-state index contributed by atoms with van der Waals surface area (Å²) >= 11 is 4.82. The maximum Gasteiger partial charge on any atom is 0.319 e. The zero-order valence-corrected chi connectivity index (χ0v) is 11.3. The Morgan fingerprint density at radius 3 is 2.80 bits per heavy atom. The second-order valence-corrected chi connectivity index (χ2v) is 6.43. The Labute approximate surface area is 103 Å². The Kier molecular flexibility index (Phi) is 4.95. The van der Waals surface area contributed by atoms with Gasteiger partial charge in [-0.2, -0.15) is 0 Å². The van der Waals surface area contributed by atoms with Crippen LogP contribution >= 0.6 is 27.3 Å². The van der Waals surface area contributed by atoms with Crippen LogP contribution in [0.5, 0.6) is 0 Å². The molecule has 2 atom stereocenters. The van der Waals surface area contributed by atoms with E-state index in [0.717, 1.165) is 9.35 Å².